The highest BCUT2D eigenvalue weighted by molar-refractivity contribution is 7.94. The number of rotatable bonds is 3. The molecule has 14 heavy (non-hydrogen) atoms. The molecule has 0 amide bonds. The fraction of sp³-hybridized carbons (Fsp3) is 0.556. The van der Waals surface area contributed by atoms with Gasteiger partial charge in [-0.15, -0.1) is 11.3 Å². The lowest BCUT2D eigenvalue weighted by Crippen LogP contribution is -2.48. The Morgan fingerprint density at radius 1 is 1.50 bits per heavy atom. The predicted octanol–water partition coefficient (Wildman–Crippen LogP) is 1.44. The minimum absolute atomic E-state index is 0.257. The summed E-state index contributed by atoms with van der Waals surface area (Å²) in [6, 6.07) is 3.33. The fourth-order valence-corrected chi connectivity index (χ4v) is 5.05. The Bertz CT molecular complexity index is 396. The summed E-state index contributed by atoms with van der Waals surface area (Å²) in [5, 5.41) is 10.9. The molecule has 0 bridgehead atoms. The fourth-order valence-electron chi connectivity index (χ4n) is 1.71. The van der Waals surface area contributed by atoms with Crippen molar-refractivity contribution in [2.45, 2.75) is 28.2 Å². The van der Waals surface area contributed by atoms with Crippen molar-refractivity contribution in [3.05, 3.63) is 17.5 Å². The minimum atomic E-state index is -3.30. The molecule has 0 aliphatic heterocycles. The lowest BCUT2D eigenvalue weighted by molar-refractivity contribution is 0.182. The second-order valence-electron chi connectivity index (χ2n) is 3.63. The Balaban J connectivity index is 2.42. The average molecular weight is 232 g/mol. The molecule has 1 aromatic heterocycles. The van der Waals surface area contributed by atoms with E-state index in [9.17, 15) is 13.5 Å². The van der Waals surface area contributed by atoms with Gasteiger partial charge < -0.3 is 5.11 Å². The maximum Gasteiger partial charge on any atom is 0.195 e. The standard InChI is InChI=1S/C9H12O3S2/c10-7-9(4-2-5-9)14(11,12)8-3-1-6-13-8/h1,3,6,10H,2,4-5,7H2. The van der Waals surface area contributed by atoms with Gasteiger partial charge in [0.05, 0.1) is 6.61 Å². The molecule has 0 aromatic carbocycles. The van der Waals surface area contributed by atoms with Crippen molar-refractivity contribution >= 4 is 21.2 Å². The average Bonchev–Trinajstić information content (AvgIpc) is 2.53. The van der Waals surface area contributed by atoms with Gasteiger partial charge >= 0.3 is 0 Å². The van der Waals surface area contributed by atoms with Gasteiger partial charge in [0.2, 0.25) is 0 Å². The first-order valence-corrected chi connectivity index (χ1v) is 6.88. The van der Waals surface area contributed by atoms with Crippen molar-refractivity contribution < 1.29 is 13.5 Å². The van der Waals surface area contributed by atoms with Crippen LogP contribution in [0, 0.1) is 0 Å². The van der Waals surface area contributed by atoms with E-state index in [0.717, 1.165) is 6.42 Å². The van der Waals surface area contributed by atoms with E-state index in [1.54, 1.807) is 17.5 Å². The molecule has 5 heteroatoms. The maximum atomic E-state index is 12.1. The van der Waals surface area contributed by atoms with E-state index < -0.39 is 14.6 Å². The Morgan fingerprint density at radius 2 is 2.21 bits per heavy atom. The first-order chi connectivity index (χ1) is 6.62. The Morgan fingerprint density at radius 3 is 2.57 bits per heavy atom. The molecule has 1 aliphatic carbocycles. The normalized spacial score (nSPS) is 20.4. The molecular formula is C9H12O3S2. The van der Waals surface area contributed by atoms with Crippen LogP contribution in [0.25, 0.3) is 0 Å². The van der Waals surface area contributed by atoms with E-state index >= 15 is 0 Å². The van der Waals surface area contributed by atoms with Crippen molar-refractivity contribution in [2.24, 2.45) is 0 Å². The Kier molecular flexibility index (Phi) is 2.41. The van der Waals surface area contributed by atoms with Crippen LogP contribution < -0.4 is 0 Å². The van der Waals surface area contributed by atoms with Crippen molar-refractivity contribution in [3.63, 3.8) is 0 Å². The number of hydrogen-bond donors (Lipinski definition) is 1. The van der Waals surface area contributed by atoms with E-state index in [4.69, 9.17) is 0 Å². The molecule has 2 rings (SSSR count). The van der Waals surface area contributed by atoms with Crippen LogP contribution >= 0.6 is 11.3 Å². The zero-order valence-electron chi connectivity index (χ0n) is 7.64. The Hall–Kier alpha value is -0.390. The first-order valence-electron chi connectivity index (χ1n) is 4.51. The van der Waals surface area contributed by atoms with Crippen molar-refractivity contribution in [3.8, 4) is 0 Å². The number of hydrogen-bond acceptors (Lipinski definition) is 4. The molecule has 1 aromatic rings. The summed E-state index contributed by atoms with van der Waals surface area (Å²) in [5.41, 5.74) is 0. The molecule has 78 valence electrons. The van der Waals surface area contributed by atoms with Crippen LogP contribution in [-0.4, -0.2) is 24.9 Å². The van der Waals surface area contributed by atoms with E-state index in [-0.39, 0.29) is 6.61 Å². The van der Waals surface area contributed by atoms with Gasteiger partial charge in [-0.05, 0) is 24.3 Å². The molecule has 1 fully saturated rings. The zero-order chi connectivity index (χ0) is 10.2. The molecule has 1 saturated carbocycles. The minimum Gasteiger partial charge on any atom is -0.395 e. The van der Waals surface area contributed by atoms with Crippen LogP contribution in [0.2, 0.25) is 0 Å². The van der Waals surface area contributed by atoms with Crippen LogP contribution in [0.1, 0.15) is 19.3 Å². The van der Waals surface area contributed by atoms with Gasteiger partial charge in [0, 0.05) is 0 Å². The molecule has 1 N–H and O–H groups in total. The van der Waals surface area contributed by atoms with Crippen LogP contribution in [0.3, 0.4) is 0 Å². The summed E-state index contributed by atoms with van der Waals surface area (Å²) in [7, 11) is -3.30. The lowest BCUT2D eigenvalue weighted by atomic mass is 9.85. The summed E-state index contributed by atoms with van der Waals surface area (Å²) in [4.78, 5) is 0. The van der Waals surface area contributed by atoms with E-state index in [2.05, 4.69) is 0 Å². The van der Waals surface area contributed by atoms with Gasteiger partial charge in [0.25, 0.3) is 0 Å². The molecule has 0 radical (unpaired) electrons. The zero-order valence-corrected chi connectivity index (χ0v) is 9.27. The Labute approximate surface area is 87.3 Å². The summed E-state index contributed by atoms with van der Waals surface area (Å²) in [5.74, 6) is 0. The second-order valence-corrected chi connectivity index (χ2v) is 7.15. The van der Waals surface area contributed by atoms with E-state index in [0.29, 0.717) is 17.1 Å². The third kappa shape index (κ3) is 1.23. The van der Waals surface area contributed by atoms with E-state index in [1.807, 2.05) is 0 Å². The summed E-state index contributed by atoms with van der Waals surface area (Å²) >= 11 is 1.22. The second kappa shape index (κ2) is 3.32. The molecule has 0 unspecified atom stereocenters. The van der Waals surface area contributed by atoms with Crippen LogP contribution in [0.15, 0.2) is 21.7 Å². The van der Waals surface area contributed by atoms with Crippen molar-refractivity contribution in [1.82, 2.24) is 0 Å². The molecule has 0 atom stereocenters. The topological polar surface area (TPSA) is 54.4 Å². The number of aliphatic hydroxyl groups is 1. The molecule has 1 aliphatic rings. The SMILES string of the molecule is O=S(=O)(c1cccs1)C1(CO)CCC1. The molecule has 0 spiro atoms. The van der Waals surface area contributed by atoms with Gasteiger partial charge in [0.15, 0.2) is 9.84 Å². The number of aliphatic hydroxyl groups excluding tert-OH is 1. The third-order valence-corrected chi connectivity index (χ3v) is 6.83. The number of thiophene rings is 1. The monoisotopic (exact) mass is 232 g/mol. The van der Waals surface area contributed by atoms with E-state index in [1.165, 1.54) is 11.3 Å². The highest BCUT2D eigenvalue weighted by Gasteiger charge is 2.49. The van der Waals surface area contributed by atoms with Crippen molar-refractivity contribution in [2.75, 3.05) is 6.61 Å². The summed E-state index contributed by atoms with van der Waals surface area (Å²) in [6.45, 7) is -0.257. The predicted molar refractivity (Wildman–Crippen MR) is 55.2 cm³/mol. The van der Waals surface area contributed by atoms with Gasteiger partial charge in [-0.2, -0.15) is 0 Å². The maximum absolute atomic E-state index is 12.1. The molecule has 3 nitrogen and oxygen atoms in total. The van der Waals surface area contributed by atoms with Crippen molar-refractivity contribution in [1.29, 1.82) is 0 Å². The highest BCUT2D eigenvalue weighted by atomic mass is 32.2. The smallest absolute Gasteiger partial charge is 0.195 e. The van der Waals surface area contributed by atoms with Gasteiger partial charge in [-0.1, -0.05) is 12.5 Å². The van der Waals surface area contributed by atoms with Gasteiger partial charge in [0.1, 0.15) is 8.96 Å². The highest BCUT2D eigenvalue weighted by Crippen LogP contribution is 2.43. The van der Waals surface area contributed by atoms with Crippen LogP contribution in [0.4, 0.5) is 0 Å². The van der Waals surface area contributed by atoms with Gasteiger partial charge in [-0.3, -0.25) is 0 Å². The molecule has 0 saturated heterocycles. The quantitative estimate of drug-likeness (QED) is 0.858. The van der Waals surface area contributed by atoms with Crippen LogP contribution in [0.5, 0.6) is 0 Å². The summed E-state index contributed by atoms with van der Waals surface area (Å²) in [6.07, 6.45) is 2.07. The lowest BCUT2D eigenvalue weighted by Gasteiger charge is -2.38. The molecule has 1 heterocycles. The largest absolute Gasteiger partial charge is 0.395 e. The number of sulfone groups is 1. The molecular weight excluding hydrogens is 220 g/mol. The van der Waals surface area contributed by atoms with Crippen LogP contribution in [-0.2, 0) is 9.84 Å². The first kappa shape index (κ1) is 10.1. The van der Waals surface area contributed by atoms with Gasteiger partial charge in [-0.25, -0.2) is 8.42 Å². The summed E-state index contributed by atoms with van der Waals surface area (Å²) < 4.78 is 23.7. The third-order valence-electron chi connectivity index (χ3n) is 2.88.